The fourth-order valence-corrected chi connectivity index (χ4v) is 4.94. The number of benzene rings is 1. The number of carbonyl (C=O) groups is 1. The van der Waals surface area contributed by atoms with Crippen molar-refractivity contribution in [3.63, 3.8) is 0 Å². The van der Waals surface area contributed by atoms with Crippen molar-refractivity contribution in [2.75, 3.05) is 13.1 Å². The maximum Gasteiger partial charge on any atom is 0.250 e. The summed E-state index contributed by atoms with van der Waals surface area (Å²) in [4.78, 5) is 17.7. The molecule has 5 heteroatoms. The van der Waals surface area contributed by atoms with E-state index in [0.717, 1.165) is 73.8 Å². The molecule has 0 bridgehead atoms. The van der Waals surface area contributed by atoms with Gasteiger partial charge in [0.25, 0.3) is 5.91 Å². The molecule has 144 valence electrons. The molecule has 1 aliphatic carbocycles. The number of carbonyl (C=O) groups excluding carboxylic acids is 1. The molecular weight excluding hydrogens is 341 g/mol. The lowest BCUT2D eigenvalue weighted by atomic mass is 9.85. The Balaban J connectivity index is 1.91. The van der Waals surface area contributed by atoms with Gasteiger partial charge in [-0.15, -0.1) is 0 Å². The Morgan fingerprint density at radius 1 is 1.30 bits per heavy atom. The van der Waals surface area contributed by atoms with Crippen molar-refractivity contribution in [3.8, 4) is 0 Å². The second kappa shape index (κ2) is 7.37. The molecule has 2 aromatic rings. The van der Waals surface area contributed by atoms with Crippen LogP contribution in [0.1, 0.15) is 72.1 Å². The van der Waals surface area contributed by atoms with E-state index in [9.17, 15) is 4.79 Å². The molecule has 1 fully saturated rings. The van der Waals surface area contributed by atoms with E-state index in [-0.39, 0.29) is 17.3 Å². The van der Waals surface area contributed by atoms with Gasteiger partial charge in [-0.25, -0.2) is 4.39 Å². The van der Waals surface area contributed by atoms with Crippen LogP contribution in [0.3, 0.4) is 0 Å². The van der Waals surface area contributed by atoms with Gasteiger partial charge in [0.2, 0.25) is 0 Å². The van der Waals surface area contributed by atoms with Gasteiger partial charge in [0, 0.05) is 35.7 Å². The lowest BCUT2D eigenvalue weighted by Gasteiger charge is -2.33. The summed E-state index contributed by atoms with van der Waals surface area (Å²) in [6.07, 6.45) is 11.5. The third-order valence-corrected chi connectivity index (χ3v) is 6.10. The molecule has 4 rings (SSSR count). The van der Waals surface area contributed by atoms with Crippen molar-refractivity contribution in [1.82, 2.24) is 9.88 Å². The number of H-pyrrole nitrogens is 1. The van der Waals surface area contributed by atoms with Gasteiger partial charge in [0.15, 0.2) is 0 Å². The van der Waals surface area contributed by atoms with Crippen molar-refractivity contribution in [2.45, 2.75) is 57.8 Å². The number of rotatable bonds is 3. The monoisotopic (exact) mass is 369 g/mol. The number of aromatic nitrogens is 1. The largest absolute Gasteiger partial charge is 0.377 e. The van der Waals surface area contributed by atoms with Crippen molar-refractivity contribution in [2.24, 2.45) is 5.73 Å². The molecule has 1 saturated heterocycles. The van der Waals surface area contributed by atoms with Crippen LogP contribution in [-0.4, -0.2) is 28.9 Å². The van der Waals surface area contributed by atoms with Gasteiger partial charge < -0.3 is 15.6 Å². The molecule has 1 amide bonds. The summed E-state index contributed by atoms with van der Waals surface area (Å²) in [5, 5.41) is 0.938. The number of nitrogens with zero attached hydrogens (tertiary/aromatic N) is 1. The number of nitrogens with one attached hydrogen (secondary N) is 1. The Labute approximate surface area is 159 Å². The molecule has 1 atom stereocenters. The lowest BCUT2D eigenvalue weighted by Crippen LogP contribution is -2.30. The molecule has 0 radical (unpaired) electrons. The molecule has 27 heavy (non-hydrogen) atoms. The fourth-order valence-electron chi connectivity index (χ4n) is 4.94. The topological polar surface area (TPSA) is 62.1 Å². The first-order valence-electron chi connectivity index (χ1n) is 10.1. The minimum absolute atomic E-state index is 0.127. The van der Waals surface area contributed by atoms with Crippen LogP contribution < -0.4 is 5.73 Å². The summed E-state index contributed by atoms with van der Waals surface area (Å²) < 4.78 is 15.3. The molecule has 0 saturated carbocycles. The number of nitrogens with two attached hydrogens (primary N) is 1. The maximum atomic E-state index is 15.3. The third kappa shape index (κ3) is 3.24. The number of aromatic amines is 1. The molecule has 1 aromatic heterocycles. The molecule has 1 aromatic carbocycles. The maximum absolute atomic E-state index is 15.3. The van der Waals surface area contributed by atoms with E-state index in [4.69, 9.17) is 5.73 Å². The summed E-state index contributed by atoms with van der Waals surface area (Å²) in [5.41, 5.74) is 9.76. The lowest BCUT2D eigenvalue weighted by molar-refractivity contribution is 0.100. The first-order valence-corrected chi connectivity index (χ1v) is 10.1. The minimum atomic E-state index is -0.568. The average Bonchev–Trinajstić information content (AvgIpc) is 2.84. The second-order valence-electron chi connectivity index (χ2n) is 7.89. The normalized spacial score (nSPS) is 20.8. The van der Waals surface area contributed by atoms with Crippen molar-refractivity contribution in [3.05, 3.63) is 46.5 Å². The predicted octanol–water partition coefficient (Wildman–Crippen LogP) is 4.39. The first-order chi connectivity index (χ1) is 13.1. The molecule has 1 aliphatic heterocycles. The zero-order valence-corrected chi connectivity index (χ0v) is 16.0. The number of aryl methyl sites for hydroxylation is 2. The van der Waals surface area contributed by atoms with Crippen molar-refractivity contribution in [1.29, 1.82) is 0 Å². The van der Waals surface area contributed by atoms with Crippen LogP contribution in [0, 0.1) is 5.82 Å². The van der Waals surface area contributed by atoms with Crippen LogP contribution in [0.15, 0.2) is 18.3 Å². The number of hydrogen-bond acceptors (Lipinski definition) is 2. The molecule has 2 aliphatic rings. The van der Waals surface area contributed by atoms with E-state index < -0.39 is 5.91 Å². The van der Waals surface area contributed by atoms with Crippen LogP contribution in [0.4, 0.5) is 4.39 Å². The number of fused-ring (bicyclic) bond motifs is 3. The zero-order valence-electron chi connectivity index (χ0n) is 16.0. The van der Waals surface area contributed by atoms with Crippen molar-refractivity contribution < 1.29 is 9.18 Å². The Morgan fingerprint density at radius 2 is 2.11 bits per heavy atom. The minimum Gasteiger partial charge on any atom is -0.377 e. The van der Waals surface area contributed by atoms with Gasteiger partial charge in [0.05, 0.1) is 11.1 Å². The van der Waals surface area contributed by atoms with E-state index in [1.54, 1.807) is 0 Å². The van der Waals surface area contributed by atoms with E-state index in [1.807, 2.05) is 13.0 Å². The molecule has 2 heterocycles. The summed E-state index contributed by atoms with van der Waals surface area (Å²) in [6.45, 7) is 3.83. The SMILES string of the molecule is CC=CN1CCC[C@@H](c2c(F)cc(C(N)=O)c3[nH]c4c(c23)CCCCC4)C1. The Bertz CT molecular complexity index is 899. The number of piperidine rings is 1. The molecule has 3 N–H and O–H groups in total. The number of primary amides is 1. The summed E-state index contributed by atoms with van der Waals surface area (Å²) in [6, 6.07) is 1.35. The fraction of sp³-hybridized carbons (Fsp3) is 0.500. The summed E-state index contributed by atoms with van der Waals surface area (Å²) in [5.74, 6) is -0.724. The van der Waals surface area contributed by atoms with Crippen LogP contribution in [0.2, 0.25) is 0 Å². The van der Waals surface area contributed by atoms with Gasteiger partial charge >= 0.3 is 0 Å². The quantitative estimate of drug-likeness (QED) is 0.788. The van der Waals surface area contributed by atoms with E-state index in [2.05, 4.69) is 16.1 Å². The van der Waals surface area contributed by atoms with Crippen LogP contribution >= 0.6 is 0 Å². The third-order valence-electron chi connectivity index (χ3n) is 6.10. The van der Waals surface area contributed by atoms with Gasteiger partial charge in [-0.2, -0.15) is 0 Å². The number of amides is 1. The highest BCUT2D eigenvalue weighted by atomic mass is 19.1. The van der Waals surface area contributed by atoms with Gasteiger partial charge in [-0.1, -0.05) is 12.5 Å². The average molecular weight is 369 g/mol. The van der Waals surface area contributed by atoms with Crippen LogP contribution in [0.25, 0.3) is 10.9 Å². The van der Waals surface area contributed by atoms with Crippen LogP contribution in [0.5, 0.6) is 0 Å². The standard InChI is InChI=1S/C22H28FN3O/c1-2-10-26-11-6-7-14(13-26)19-17(23)12-16(22(24)27)21-20(19)15-8-4-3-5-9-18(15)25-21/h2,10,12,14,25H,3-9,11,13H2,1H3,(H2,24,27)/t14-/m1/s1. The highest BCUT2D eigenvalue weighted by Crippen LogP contribution is 2.40. The number of allylic oxidation sites excluding steroid dienone is 1. The number of hydrogen-bond donors (Lipinski definition) is 2. The summed E-state index contributed by atoms with van der Waals surface area (Å²) >= 11 is 0. The van der Waals surface area contributed by atoms with Crippen molar-refractivity contribution >= 4 is 16.8 Å². The number of halogens is 1. The van der Waals surface area contributed by atoms with Gasteiger partial charge in [0.1, 0.15) is 5.82 Å². The van der Waals surface area contributed by atoms with E-state index >= 15 is 4.39 Å². The van der Waals surface area contributed by atoms with Crippen LogP contribution in [-0.2, 0) is 12.8 Å². The predicted molar refractivity (Wildman–Crippen MR) is 106 cm³/mol. The Hall–Kier alpha value is -2.30. The van der Waals surface area contributed by atoms with Gasteiger partial charge in [-0.3, -0.25) is 4.79 Å². The highest BCUT2D eigenvalue weighted by molar-refractivity contribution is 6.07. The molecule has 4 nitrogen and oxygen atoms in total. The van der Waals surface area contributed by atoms with E-state index in [0.29, 0.717) is 0 Å². The Morgan fingerprint density at radius 3 is 2.89 bits per heavy atom. The highest BCUT2D eigenvalue weighted by Gasteiger charge is 2.29. The van der Waals surface area contributed by atoms with E-state index in [1.165, 1.54) is 18.1 Å². The number of likely N-dealkylation sites (tertiary alicyclic amines) is 1. The molecular formula is C22H28FN3O. The Kier molecular flexibility index (Phi) is 4.94. The molecule has 0 unspecified atom stereocenters. The molecule has 0 spiro atoms. The zero-order chi connectivity index (χ0) is 19.0. The summed E-state index contributed by atoms with van der Waals surface area (Å²) in [7, 11) is 0. The second-order valence-corrected chi connectivity index (χ2v) is 7.89. The smallest absolute Gasteiger partial charge is 0.250 e. The first kappa shape index (κ1) is 18.1. The van der Waals surface area contributed by atoms with Gasteiger partial charge in [-0.05, 0) is 63.3 Å².